The molecule has 2 aliphatic heterocycles. The lowest BCUT2D eigenvalue weighted by Gasteiger charge is -2.67. The van der Waals surface area contributed by atoms with Gasteiger partial charge < -0.3 is 64.9 Å². The Hall–Kier alpha value is -1.04. The molecule has 316 valence electrons. The summed E-state index contributed by atoms with van der Waals surface area (Å²) in [4.78, 5) is 0. The molecule has 2 heterocycles. The Morgan fingerprint density at radius 3 is 1.93 bits per heavy atom. The highest BCUT2D eigenvalue weighted by Gasteiger charge is 2.70. The molecule has 3 saturated carbocycles. The van der Waals surface area contributed by atoms with Crippen molar-refractivity contribution in [3.8, 4) is 0 Å². The normalized spacial score (nSPS) is 50.6. The van der Waals surface area contributed by atoms with Crippen LogP contribution in [0.25, 0.3) is 0 Å². The first-order chi connectivity index (χ1) is 25.7. The second-order valence-electron chi connectivity index (χ2n) is 19.6. The van der Waals surface area contributed by atoms with E-state index < -0.39 is 98.4 Å². The fraction of sp³-hybridized carbons (Fsp3) is 0.905. The highest BCUT2D eigenvalue weighted by molar-refractivity contribution is 5.33. The van der Waals surface area contributed by atoms with E-state index in [4.69, 9.17) is 18.9 Å². The fourth-order valence-corrected chi connectivity index (χ4v) is 12.6. The van der Waals surface area contributed by atoms with Crippen LogP contribution in [0, 0.1) is 45.3 Å². The van der Waals surface area contributed by atoms with E-state index in [1.165, 1.54) is 0 Å². The smallest absolute Gasteiger partial charge is 0.187 e. The molecular formula is C42H70O13. The van der Waals surface area contributed by atoms with E-state index in [1.807, 2.05) is 19.9 Å². The molecule has 0 spiro atoms. The zero-order valence-corrected chi connectivity index (χ0v) is 34.0. The number of hydrogen-bond acceptors (Lipinski definition) is 13. The lowest BCUT2D eigenvalue weighted by Crippen LogP contribution is -2.65. The zero-order valence-electron chi connectivity index (χ0n) is 34.0. The molecule has 6 rings (SSSR count). The van der Waals surface area contributed by atoms with Crippen molar-refractivity contribution < 1.29 is 64.9 Å². The van der Waals surface area contributed by atoms with Crippen molar-refractivity contribution in [3.63, 3.8) is 0 Å². The number of ether oxygens (including phenoxy) is 4. The summed E-state index contributed by atoms with van der Waals surface area (Å²) in [6.45, 7) is 16.4. The van der Waals surface area contributed by atoms with Crippen molar-refractivity contribution in [3.05, 3.63) is 23.3 Å². The Morgan fingerprint density at radius 2 is 1.35 bits per heavy atom. The van der Waals surface area contributed by atoms with Gasteiger partial charge in [0, 0.05) is 11.3 Å². The molecule has 0 aromatic heterocycles. The first kappa shape index (κ1) is 43.5. The lowest BCUT2D eigenvalue weighted by molar-refractivity contribution is -0.322. The van der Waals surface area contributed by atoms with Gasteiger partial charge >= 0.3 is 0 Å². The standard InChI is InChI=1S/C42H70O13/c1-20(2)15-22(52-37-34(50)32(48)30(46)27(18-43)54-37)16-21(3)23-11-12-42(8)36-26(53-38-35(51)33(49)31(47)28(19-44)55-38)17-25-24(9-10-29(45)39(25,4)5)40(36,6)13-14-41(23,42)7/h15,17,21-24,26-38,43-51H,9-14,16,18-19H2,1-8H3/t21-,22?,23-,24-,26+,27-,28-,29+,30-,31-,32+,33+,34-,35-,36-,37-,38-,40+,41-,42+/m1/s1. The third kappa shape index (κ3) is 7.23. The van der Waals surface area contributed by atoms with Gasteiger partial charge in [0.2, 0.25) is 0 Å². The van der Waals surface area contributed by atoms with Crippen molar-refractivity contribution in [2.75, 3.05) is 13.2 Å². The minimum atomic E-state index is -1.57. The van der Waals surface area contributed by atoms with E-state index in [-0.39, 0.29) is 39.9 Å². The van der Waals surface area contributed by atoms with Crippen LogP contribution in [-0.2, 0) is 18.9 Å². The molecule has 0 aromatic carbocycles. The molecule has 1 unspecified atom stereocenters. The average molecular weight is 783 g/mol. The van der Waals surface area contributed by atoms with Gasteiger partial charge in [0.1, 0.15) is 48.8 Å². The molecule has 0 aromatic rings. The molecule has 0 bridgehead atoms. The average Bonchev–Trinajstić information content (AvgIpc) is 3.40. The molecular weight excluding hydrogens is 712 g/mol. The largest absolute Gasteiger partial charge is 0.394 e. The van der Waals surface area contributed by atoms with Crippen LogP contribution in [0.3, 0.4) is 0 Å². The number of hydrogen-bond donors (Lipinski definition) is 9. The van der Waals surface area contributed by atoms with Gasteiger partial charge in [-0.15, -0.1) is 0 Å². The summed E-state index contributed by atoms with van der Waals surface area (Å²) in [5.41, 5.74) is 0.985. The summed E-state index contributed by atoms with van der Waals surface area (Å²) in [6.07, 6.45) is -5.37. The molecule has 9 N–H and O–H groups in total. The Bertz CT molecular complexity index is 1410. The predicted octanol–water partition coefficient (Wildman–Crippen LogP) is 1.93. The van der Waals surface area contributed by atoms with Gasteiger partial charge in [-0.25, -0.2) is 0 Å². The summed E-state index contributed by atoms with van der Waals surface area (Å²) >= 11 is 0. The van der Waals surface area contributed by atoms with Gasteiger partial charge in [0.15, 0.2) is 12.6 Å². The third-order valence-electron chi connectivity index (χ3n) is 15.9. The summed E-state index contributed by atoms with van der Waals surface area (Å²) in [7, 11) is 0. The molecule has 0 radical (unpaired) electrons. The first-order valence-corrected chi connectivity index (χ1v) is 20.6. The third-order valence-corrected chi connectivity index (χ3v) is 15.9. The van der Waals surface area contributed by atoms with E-state index in [2.05, 4.69) is 47.6 Å². The number of aliphatic hydroxyl groups is 9. The van der Waals surface area contributed by atoms with Gasteiger partial charge in [-0.1, -0.05) is 64.8 Å². The second kappa shape index (κ2) is 15.9. The first-order valence-electron chi connectivity index (χ1n) is 20.6. The maximum Gasteiger partial charge on any atom is 0.187 e. The van der Waals surface area contributed by atoms with E-state index in [0.29, 0.717) is 12.8 Å². The fourth-order valence-electron chi connectivity index (χ4n) is 12.6. The maximum absolute atomic E-state index is 11.3. The van der Waals surface area contributed by atoms with Crippen LogP contribution in [0.5, 0.6) is 0 Å². The highest BCUT2D eigenvalue weighted by atomic mass is 16.7. The van der Waals surface area contributed by atoms with Crippen molar-refractivity contribution in [1.82, 2.24) is 0 Å². The Balaban J connectivity index is 1.32. The SMILES string of the molecule is CC(C)=CC(C[C@@H](C)[C@H]1CC[C@@]2(C)[C@@H]3[C@@H](O[C@@H]4O[C@H](CO)[C@@H](O)[C@H](O)[C@H]4O)C=C4[C@@H](CC[C@H](O)C4(C)C)[C@]3(C)CC[C@]12C)O[C@@H]1O[C@H](CO)[C@@H](O)[C@H](O)[C@H]1O. The molecule has 13 heteroatoms. The number of rotatable bonds is 10. The van der Waals surface area contributed by atoms with Gasteiger partial charge in [-0.05, 0) is 92.8 Å². The van der Waals surface area contributed by atoms with E-state index in [0.717, 1.165) is 43.3 Å². The van der Waals surface area contributed by atoms with Crippen LogP contribution in [0.2, 0.25) is 0 Å². The summed E-state index contributed by atoms with van der Waals surface area (Å²) in [5.74, 6) is 0.570. The molecule has 2 saturated heterocycles. The Kier molecular flexibility index (Phi) is 12.6. The summed E-state index contributed by atoms with van der Waals surface area (Å²) in [6, 6.07) is 0. The van der Waals surface area contributed by atoms with Gasteiger partial charge in [0.05, 0.1) is 31.5 Å². The second-order valence-corrected chi connectivity index (χ2v) is 19.6. The van der Waals surface area contributed by atoms with Crippen LogP contribution in [0.15, 0.2) is 23.3 Å². The van der Waals surface area contributed by atoms with Crippen molar-refractivity contribution in [2.45, 2.75) is 180 Å². The Labute approximate surface area is 326 Å². The van der Waals surface area contributed by atoms with E-state index in [1.54, 1.807) is 0 Å². The molecule has 55 heavy (non-hydrogen) atoms. The molecule has 6 aliphatic rings. The topological polar surface area (TPSA) is 219 Å². The van der Waals surface area contributed by atoms with Crippen molar-refractivity contribution in [1.29, 1.82) is 0 Å². The van der Waals surface area contributed by atoms with Crippen LogP contribution in [0.1, 0.15) is 100 Å². The molecule has 4 aliphatic carbocycles. The summed E-state index contributed by atoms with van der Waals surface area (Å²) in [5, 5.41) is 95.0. The van der Waals surface area contributed by atoms with Crippen LogP contribution >= 0.6 is 0 Å². The molecule has 0 amide bonds. The number of aliphatic hydroxyl groups excluding tert-OH is 9. The van der Waals surface area contributed by atoms with Gasteiger partial charge in [0.25, 0.3) is 0 Å². The molecule has 5 fully saturated rings. The molecule has 13 nitrogen and oxygen atoms in total. The predicted molar refractivity (Wildman–Crippen MR) is 201 cm³/mol. The minimum Gasteiger partial charge on any atom is -0.394 e. The van der Waals surface area contributed by atoms with Crippen molar-refractivity contribution >= 4 is 0 Å². The lowest BCUT2D eigenvalue weighted by atomic mass is 9.38. The van der Waals surface area contributed by atoms with Crippen LogP contribution in [-0.4, -0.2) is 139 Å². The number of fused-ring (bicyclic) bond motifs is 5. The van der Waals surface area contributed by atoms with E-state index in [9.17, 15) is 46.0 Å². The van der Waals surface area contributed by atoms with Crippen molar-refractivity contribution in [2.24, 2.45) is 45.3 Å². The zero-order chi connectivity index (χ0) is 40.6. The van der Waals surface area contributed by atoms with Crippen LogP contribution < -0.4 is 0 Å². The van der Waals surface area contributed by atoms with Gasteiger partial charge in [-0.2, -0.15) is 0 Å². The highest BCUT2D eigenvalue weighted by Crippen LogP contribution is 2.75. The molecule has 20 atom stereocenters. The Morgan fingerprint density at radius 1 is 0.764 bits per heavy atom. The number of allylic oxidation sites excluding steroid dienone is 1. The quantitative estimate of drug-likeness (QED) is 0.145. The summed E-state index contributed by atoms with van der Waals surface area (Å²) < 4.78 is 24.9. The van der Waals surface area contributed by atoms with Gasteiger partial charge in [-0.3, -0.25) is 0 Å². The van der Waals surface area contributed by atoms with E-state index >= 15 is 0 Å². The minimum absolute atomic E-state index is 0.0398. The monoisotopic (exact) mass is 782 g/mol. The van der Waals surface area contributed by atoms with Crippen LogP contribution in [0.4, 0.5) is 0 Å². The maximum atomic E-state index is 11.3.